The highest BCUT2D eigenvalue weighted by molar-refractivity contribution is 7.80. The zero-order valence-electron chi connectivity index (χ0n) is 11.6. The minimum atomic E-state index is -1.27. The van der Waals surface area contributed by atoms with Crippen LogP contribution in [0, 0.1) is 0 Å². The second-order valence-corrected chi connectivity index (χ2v) is 4.88. The van der Waals surface area contributed by atoms with Crippen LogP contribution in [0.15, 0.2) is 42.5 Å². The van der Waals surface area contributed by atoms with E-state index in [1.165, 1.54) is 24.3 Å². The molecule has 0 unspecified atom stereocenters. The predicted molar refractivity (Wildman–Crippen MR) is 87.0 cm³/mol. The lowest BCUT2D eigenvalue weighted by molar-refractivity contribution is 0.0693. The molecule has 0 saturated carbocycles. The average Bonchev–Trinajstić information content (AvgIpc) is 2.47. The Morgan fingerprint density at radius 2 is 1.78 bits per heavy atom. The summed E-state index contributed by atoms with van der Waals surface area (Å²) < 4.78 is 5.04. The number of anilines is 1. The van der Waals surface area contributed by atoms with E-state index in [2.05, 4.69) is 5.32 Å². The number of phenols is 1. The molecule has 2 rings (SSSR count). The number of aromatic hydroxyl groups is 1. The van der Waals surface area contributed by atoms with Crippen molar-refractivity contribution in [3.8, 4) is 11.5 Å². The van der Waals surface area contributed by atoms with Crippen molar-refractivity contribution < 1.29 is 24.5 Å². The third-order valence-corrected chi connectivity index (χ3v) is 3.06. The van der Waals surface area contributed by atoms with E-state index in [9.17, 15) is 14.7 Å². The van der Waals surface area contributed by atoms with Gasteiger partial charge in [0.05, 0.1) is 0 Å². The van der Waals surface area contributed by atoms with E-state index in [0.29, 0.717) is 5.56 Å². The molecule has 8 heteroatoms. The van der Waals surface area contributed by atoms with Gasteiger partial charge >= 0.3 is 12.1 Å². The topological polar surface area (TPSA) is 122 Å². The molecule has 0 aliphatic carbocycles. The molecule has 2 aromatic rings. The van der Waals surface area contributed by atoms with Crippen molar-refractivity contribution in [2.45, 2.75) is 0 Å². The van der Waals surface area contributed by atoms with Crippen molar-refractivity contribution in [2.75, 3.05) is 5.32 Å². The summed E-state index contributed by atoms with van der Waals surface area (Å²) in [5.41, 5.74) is 6.03. The number of carboxylic acid groups (broad SMARTS) is 1. The van der Waals surface area contributed by atoms with Crippen LogP contribution in [0.1, 0.15) is 15.9 Å². The Balaban J connectivity index is 2.03. The molecule has 0 radical (unpaired) electrons. The van der Waals surface area contributed by atoms with Gasteiger partial charge in [-0.1, -0.05) is 12.2 Å². The minimum Gasteiger partial charge on any atom is -0.507 e. The number of benzene rings is 2. The first kappa shape index (κ1) is 16.2. The number of carbonyl (C=O) groups is 2. The third-order valence-electron chi connectivity index (χ3n) is 2.82. The van der Waals surface area contributed by atoms with Crippen molar-refractivity contribution >= 4 is 35.0 Å². The van der Waals surface area contributed by atoms with Crippen LogP contribution in [0.2, 0.25) is 0 Å². The monoisotopic (exact) mass is 332 g/mol. The normalized spacial score (nSPS) is 9.91. The summed E-state index contributed by atoms with van der Waals surface area (Å²) in [6, 6.07) is 9.89. The molecule has 0 heterocycles. The van der Waals surface area contributed by atoms with Crippen LogP contribution in [-0.4, -0.2) is 27.3 Å². The number of nitrogens with two attached hydrogens (primary N) is 1. The fourth-order valence-corrected chi connectivity index (χ4v) is 1.86. The van der Waals surface area contributed by atoms with E-state index in [-0.39, 0.29) is 22.0 Å². The third kappa shape index (κ3) is 4.17. The van der Waals surface area contributed by atoms with Crippen LogP contribution in [0.3, 0.4) is 0 Å². The number of nitrogens with one attached hydrogen (secondary N) is 1. The Hall–Kier alpha value is -3.13. The van der Waals surface area contributed by atoms with Gasteiger partial charge in [-0.15, -0.1) is 0 Å². The molecule has 7 nitrogen and oxygen atoms in total. The van der Waals surface area contributed by atoms with Crippen LogP contribution in [0.25, 0.3) is 0 Å². The second-order valence-electron chi connectivity index (χ2n) is 4.44. The molecule has 0 atom stereocenters. The van der Waals surface area contributed by atoms with Gasteiger partial charge in [-0.25, -0.2) is 9.59 Å². The van der Waals surface area contributed by atoms with E-state index >= 15 is 0 Å². The fraction of sp³-hybridized carbons (Fsp3) is 0. The maximum absolute atomic E-state index is 11.7. The number of amides is 1. The molecule has 1 amide bonds. The maximum Gasteiger partial charge on any atom is 0.417 e. The van der Waals surface area contributed by atoms with Gasteiger partial charge in [0.2, 0.25) is 0 Å². The first-order chi connectivity index (χ1) is 10.9. The van der Waals surface area contributed by atoms with Crippen molar-refractivity contribution in [3.63, 3.8) is 0 Å². The van der Waals surface area contributed by atoms with E-state index in [4.69, 9.17) is 27.8 Å². The largest absolute Gasteiger partial charge is 0.507 e. The lowest BCUT2D eigenvalue weighted by Gasteiger charge is -2.08. The van der Waals surface area contributed by atoms with Gasteiger partial charge in [0.1, 0.15) is 22.1 Å². The Morgan fingerprint density at radius 1 is 1.13 bits per heavy atom. The van der Waals surface area contributed by atoms with Crippen LogP contribution in [0.5, 0.6) is 11.5 Å². The standard InChI is InChI=1S/C15H12N2O5S/c16-13(23)8-1-4-10(5-2-8)22-15(21)17-9-3-6-11(14(19)20)12(18)7-9/h1-7,18H,(H2,16,23)(H,17,21)(H,19,20). The number of ether oxygens (including phenoxy) is 1. The fourth-order valence-electron chi connectivity index (χ4n) is 1.73. The van der Waals surface area contributed by atoms with Crippen molar-refractivity contribution in [1.82, 2.24) is 0 Å². The molecule has 2 aromatic carbocycles. The number of thiocarbonyl (C=S) groups is 1. The van der Waals surface area contributed by atoms with E-state index in [0.717, 1.165) is 6.07 Å². The predicted octanol–water partition coefficient (Wildman–Crippen LogP) is 2.34. The first-order valence-electron chi connectivity index (χ1n) is 6.32. The number of hydrogen-bond donors (Lipinski definition) is 4. The lowest BCUT2D eigenvalue weighted by Crippen LogP contribution is -2.17. The summed E-state index contributed by atoms with van der Waals surface area (Å²) in [7, 11) is 0. The zero-order chi connectivity index (χ0) is 17.0. The van der Waals surface area contributed by atoms with Crippen molar-refractivity contribution in [2.24, 2.45) is 5.73 Å². The number of hydrogen-bond acceptors (Lipinski definition) is 5. The summed E-state index contributed by atoms with van der Waals surface area (Å²) in [5.74, 6) is -1.46. The maximum atomic E-state index is 11.7. The molecule has 23 heavy (non-hydrogen) atoms. The lowest BCUT2D eigenvalue weighted by atomic mass is 10.2. The summed E-state index contributed by atoms with van der Waals surface area (Å²) in [5, 5.41) is 20.7. The van der Waals surface area contributed by atoms with Gasteiger partial charge in [0.25, 0.3) is 0 Å². The summed E-state index contributed by atoms with van der Waals surface area (Å²) in [4.78, 5) is 22.8. The molecule has 0 fully saturated rings. The van der Waals surface area contributed by atoms with Gasteiger partial charge in [-0.3, -0.25) is 5.32 Å². The average molecular weight is 332 g/mol. The number of carbonyl (C=O) groups excluding carboxylic acids is 1. The molecule has 0 saturated heterocycles. The first-order valence-corrected chi connectivity index (χ1v) is 6.72. The molecular formula is C15H12N2O5S. The smallest absolute Gasteiger partial charge is 0.417 e. The molecule has 0 aliphatic rings. The number of aromatic carboxylic acids is 1. The van der Waals surface area contributed by atoms with Gasteiger partial charge in [0, 0.05) is 17.3 Å². The minimum absolute atomic E-state index is 0.192. The summed E-state index contributed by atoms with van der Waals surface area (Å²) >= 11 is 4.81. The van der Waals surface area contributed by atoms with Crippen LogP contribution >= 0.6 is 12.2 Å². The van der Waals surface area contributed by atoms with Crippen LogP contribution < -0.4 is 15.8 Å². The van der Waals surface area contributed by atoms with E-state index in [1.54, 1.807) is 12.1 Å². The van der Waals surface area contributed by atoms with Crippen molar-refractivity contribution in [3.05, 3.63) is 53.6 Å². The van der Waals surface area contributed by atoms with E-state index in [1.807, 2.05) is 0 Å². The Morgan fingerprint density at radius 3 is 2.30 bits per heavy atom. The quantitative estimate of drug-likeness (QED) is 0.634. The van der Waals surface area contributed by atoms with Gasteiger partial charge < -0.3 is 20.7 Å². The Kier molecular flexibility index (Phi) is 4.77. The SMILES string of the molecule is NC(=S)c1ccc(OC(=O)Nc2ccc(C(=O)O)c(O)c2)cc1. The molecule has 0 bridgehead atoms. The van der Waals surface area contributed by atoms with Crippen LogP contribution in [-0.2, 0) is 0 Å². The van der Waals surface area contributed by atoms with Crippen LogP contribution in [0.4, 0.5) is 10.5 Å². The molecule has 5 N–H and O–H groups in total. The second kappa shape index (κ2) is 6.75. The Labute approximate surface area is 136 Å². The Bertz CT molecular complexity index is 774. The van der Waals surface area contributed by atoms with E-state index < -0.39 is 17.8 Å². The highest BCUT2D eigenvalue weighted by atomic mass is 32.1. The molecule has 0 spiro atoms. The highest BCUT2D eigenvalue weighted by Crippen LogP contribution is 2.22. The summed E-state index contributed by atoms with van der Waals surface area (Å²) in [6.45, 7) is 0. The summed E-state index contributed by atoms with van der Waals surface area (Å²) in [6.07, 6.45) is -0.796. The van der Waals surface area contributed by atoms with Gasteiger partial charge in [-0.2, -0.15) is 0 Å². The molecular weight excluding hydrogens is 320 g/mol. The molecule has 0 aliphatic heterocycles. The number of carboxylic acids is 1. The van der Waals surface area contributed by atoms with Gasteiger partial charge in [0.15, 0.2) is 0 Å². The zero-order valence-corrected chi connectivity index (χ0v) is 12.5. The number of rotatable bonds is 4. The van der Waals surface area contributed by atoms with Crippen molar-refractivity contribution in [1.29, 1.82) is 0 Å². The van der Waals surface area contributed by atoms with Gasteiger partial charge in [-0.05, 0) is 36.4 Å². The highest BCUT2D eigenvalue weighted by Gasteiger charge is 2.12. The molecule has 118 valence electrons. The molecule has 0 aromatic heterocycles.